The molecule has 1 aromatic heterocycles. The molecule has 0 unspecified atom stereocenters. The van der Waals surface area contributed by atoms with Crippen LogP contribution < -0.4 is 0 Å². The van der Waals surface area contributed by atoms with E-state index in [1.54, 1.807) is 6.08 Å². The molecule has 1 fully saturated rings. The van der Waals surface area contributed by atoms with Crippen molar-refractivity contribution < 1.29 is 4.79 Å². The van der Waals surface area contributed by atoms with Gasteiger partial charge in [0.15, 0.2) is 0 Å². The number of isocyanates is 1. The van der Waals surface area contributed by atoms with Gasteiger partial charge in [0, 0.05) is 17.6 Å². The summed E-state index contributed by atoms with van der Waals surface area (Å²) in [7, 11) is 0. The number of fused-ring (bicyclic) bond motifs is 1. The van der Waals surface area contributed by atoms with E-state index in [0.717, 1.165) is 11.1 Å². The lowest BCUT2D eigenvalue weighted by Crippen LogP contribution is -2.02. The Bertz CT molecular complexity index is 587. The molecule has 0 atom stereocenters. The highest BCUT2D eigenvalue weighted by Gasteiger charge is 2.19. The molecule has 0 radical (unpaired) electrons. The summed E-state index contributed by atoms with van der Waals surface area (Å²) in [5.41, 5.74) is 1.91. The van der Waals surface area contributed by atoms with Crippen LogP contribution in [0.3, 0.4) is 0 Å². The van der Waals surface area contributed by atoms with Gasteiger partial charge in [-0.25, -0.2) is 4.79 Å². The van der Waals surface area contributed by atoms with Crippen molar-refractivity contribution in [3.8, 4) is 0 Å². The highest BCUT2D eigenvalue weighted by Crippen LogP contribution is 2.36. The van der Waals surface area contributed by atoms with Gasteiger partial charge in [0.05, 0.1) is 5.52 Å². The first-order valence-electron chi connectivity index (χ1n) is 6.07. The Morgan fingerprint density at radius 1 is 1.24 bits per heavy atom. The Labute approximate surface area is 99.8 Å². The lowest BCUT2D eigenvalue weighted by atomic mass is 10.2. The average Bonchev–Trinajstić information content (AvgIpc) is 2.97. The highest BCUT2D eigenvalue weighted by atomic mass is 16.1. The quantitative estimate of drug-likeness (QED) is 0.567. The fourth-order valence-electron chi connectivity index (χ4n) is 2.81. The molecule has 1 aliphatic rings. The number of para-hydroxylation sites is 1. The smallest absolute Gasteiger partial charge is 0.240 e. The standard InChI is InChI=1S/C14H14N2O/c17-10-15-13-9-16(11-5-1-2-6-11)14-8-4-3-7-12(13)14/h3-4,7-9,11H,1-2,5-6H2. The van der Waals surface area contributed by atoms with Crippen molar-refractivity contribution in [1.29, 1.82) is 0 Å². The molecule has 0 N–H and O–H groups in total. The zero-order valence-electron chi connectivity index (χ0n) is 9.60. The van der Waals surface area contributed by atoms with Crippen molar-refractivity contribution in [2.75, 3.05) is 0 Å². The molecule has 1 aromatic carbocycles. The van der Waals surface area contributed by atoms with Crippen LogP contribution >= 0.6 is 0 Å². The van der Waals surface area contributed by atoms with E-state index in [1.807, 2.05) is 24.4 Å². The third kappa shape index (κ3) is 1.69. The average molecular weight is 226 g/mol. The first-order chi connectivity index (χ1) is 8.40. The Balaban J connectivity index is 2.20. The fourth-order valence-corrected chi connectivity index (χ4v) is 2.81. The van der Waals surface area contributed by atoms with Crippen LogP contribution in [-0.2, 0) is 4.79 Å². The second-order valence-corrected chi connectivity index (χ2v) is 4.58. The van der Waals surface area contributed by atoms with E-state index in [-0.39, 0.29) is 0 Å². The van der Waals surface area contributed by atoms with Crippen LogP contribution in [0.4, 0.5) is 5.69 Å². The predicted molar refractivity (Wildman–Crippen MR) is 67.2 cm³/mol. The summed E-state index contributed by atoms with van der Waals surface area (Å²) in [6.07, 6.45) is 8.67. The number of hydrogen-bond acceptors (Lipinski definition) is 2. The van der Waals surface area contributed by atoms with Crippen molar-refractivity contribution >= 4 is 22.7 Å². The molecular formula is C14H14N2O. The molecule has 17 heavy (non-hydrogen) atoms. The molecule has 1 heterocycles. The summed E-state index contributed by atoms with van der Waals surface area (Å²) >= 11 is 0. The van der Waals surface area contributed by atoms with E-state index in [1.165, 1.54) is 31.2 Å². The second kappa shape index (κ2) is 4.19. The third-order valence-electron chi connectivity index (χ3n) is 3.60. The van der Waals surface area contributed by atoms with Gasteiger partial charge in [0.2, 0.25) is 6.08 Å². The molecule has 0 aliphatic heterocycles. The van der Waals surface area contributed by atoms with Gasteiger partial charge in [-0.15, -0.1) is 0 Å². The largest absolute Gasteiger partial charge is 0.342 e. The van der Waals surface area contributed by atoms with Gasteiger partial charge in [-0.05, 0) is 18.9 Å². The van der Waals surface area contributed by atoms with Crippen LogP contribution in [0.15, 0.2) is 35.5 Å². The first-order valence-corrected chi connectivity index (χ1v) is 6.07. The maximum absolute atomic E-state index is 10.4. The maximum atomic E-state index is 10.4. The van der Waals surface area contributed by atoms with E-state index in [4.69, 9.17) is 0 Å². The van der Waals surface area contributed by atoms with E-state index >= 15 is 0 Å². The minimum Gasteiger partial charge on any atom is -0.342 e. The molecule has 1 aliphatic carbocycles. The fraction of sp³-hybridized carbons (Fsp3) is 0.357. The van der Waals surface area contributed by atoms with Crippen LogP contribution in [0.5, 0.6) is 0 Å². The number of nitrogens with zero attached hydrogens (tertiary/aromatic N) is 2. The van der Waals surface area contributed by atoms with Crippen LogP contribution in [0.25, 0.3) is 10.9 Å². The van der Waals surface area contributed by atoms with Crippen molar-refractivity contribution in [3.05, 3.63) is 30.5 Å². The summed E-state index contributed by atoms with van der Waals surface area (Å²) in [6, 6.07) is 8.68. The van der Waals surface area contributed by atoms with E-state index in [9.17, 15) is 4.79 Å². The van der Waals surface area contributed by atoms with Crippen molar-refractivity contribution in [2.45, 2.75) is 31.7 Å². The molecule has 0 saturated heterocycles. The number of hydrogen-bond donors (Lipinski definition) is 0. The monoisotopic (exact) mass is 226 g/mol. The molecular weight excluding hydrogens is 212 g/mol. The number of aliphatic imine (C=N–C) groups is 1. The number of rotatable bonds is 2. The lowest BCUT2D eigenvalue weighted by molar-refractivity contribution is 0.536. The van der Waals surface area contributed by atoms with E-state index in [0.29, 0.717) is 6.04 Å². The Morgan fingerprint density at radius 2 is 2.00 bits per heavy atom. The summed E-state index contributed by atoms with van der Waals surface area (Å²) < 4.78 is 2.28. The van der Waals surface area contributed by atoms with Gasteiger partial charge in [0.1, 0.15) is 5.69 Å². The number of carbonyl (C=O) groups excluding carboxylic acids is 1. The molecule has 3 rings (SSSR count). The molecule has 3 nitrogen and oxygen atoms in total. The minimum atomic E-state index is 0.565. The van der Waals surface area contributed by atoms with Gasteiger partial charge in [0.25, 0.3) is 0 Å². The second-order valence-electron chi connectivity index (χ2n) is 4.58. The third-order valence-corrected chi connectivity index (χ3v) is 3.60. The lowest BCUT2D eigenvalue weighted by Gasteiger charge is -2.12. The molecule has 0 bridgehead atoms. The summed E-state index contributed by atoms with van der Waals surface area (Å²) in [5.74, 6) is 0. The zero-order chi connectivity index (χ0) is 11.7. The first kappa shape index (κ1) is 10.3. The SMILES string of the molecule is O=C=Nc1cn(C2CCCC2)c2ccccc12. The van der Waals surface area contributed by atoms with Gasteiger partial charge >= 0.3 is 0 Å². The van der Waals surface area contributed by atoms with Gasteiger partial charge in [-0.2, -0.15) is 4.99 Å². The Morgan fingerprint density at radius 3 is 2.76 bits per heavy atom. The van der Waals surface area contributed by atoms with E-state index < -0.39 is 0 Å². The number of benzene rings is 1. The van der Waals surface area contributed by atoms with Gasteiger partial charge in [-0.1, -0.05) is 31.0 Å². The maximum Gasteiger partial charge on any atom is 0.240 e. The predicted octanol–water partition coefficient (Wildman–Crippen LogP) is 3.72. The molecule has 2 aromatic rings. The van der Waals surface area contributed by atoms with Gasteiger partial charge in [-0.3, -0.25) is 0 Å². The van der Waals surface area contributed by atoms with Gasteiger partial charge < -0.3 is 4.57 Å². The molecule has 0 amide bonds. The molecule has 1 saturated carbocycles. The molecule has 86 valence electrons. The summed E-state index contributed by atoms with van der Waals surface area (Å²) in [5, 5.41) is 1.04. The highest BCUT2D eigenvalue weighted by molar-refractivity contribution is 5.92. The Kier molecular flexibility index (Phi) is 2.54. The van der Waals surface area contributed by atoms with Crippen LogP contribution in [0.1, 0.15) is 31.7 Å². The molecule has 0 spiro atoms. The summed E-state index contributed by atoms with van der Waals surface area (Å²) in [6.45, 7) is 0. The minimum absolute atomic E-state index is 0.565. The van der Waals surface area contributed by atoms with Crippen LogP contribution in [0.2, 0.25) is 0 Å². The van der Waals surface area contributed by atoms with Crippen molar-refractivity contribution in [1.82, 2.24) is 4.57 Å². The van der Waals surface area contributed by atoms with Crippen LogP contribution in [0, 0.1) is 0 Å². The summed E-state index contributed by atoms with van der Waals surface area (Å²) in [4.78, 5) is 14.2. The zero-order valence-corrected chi connectivity index (χ0v) is 9.60. The normalized spacial score (nSPS) is 16.2. The number of aromatic nitrogens is 1. The van der Waals surface area contributed by atoms with Crippen LogP contribution in [-0.4, -0.2) is 10.6 Å². The topological polar surface area (TPSA) is 34.4 Å². The van der Waals surface area contributed by atoms with E-state index in [2.05, 4.69) is 15.6 Å². The Hall–Kier alpha value is -1.86. The van der Waals surface area contributed by atoms with Crippen molar-refractivity contribution in [2.24, 2.45) is 4.99 Å². The van der Waals surface area contributed by atoms with Crippen molar-refractivity contribution in [3.63, 3.8) is 0 Å². The molecule has 3 heteroatoms.